The van der Waals surface area contributed by atoms with Gasteiger partial charge in [0.1, 0.15) is 0 Å². The molecule has 2 N–H and O–H groups in total. The van der Waals surface area contributed by atoms with Crippen LogP contribution in [-0.2, 0) is 4.79 Å². The topological polar surface area (TPSA) is 74.6 Å². The number of carbonyl (C=O) groups excluding carboxylic acids is 2. The van der Waals surface area contributed by atoms with Gasteiger partial charge >= 0.3 is 0 Å². The molecule has 5 rings (SSSR count). The summed E-state index contributed by atoms with van der Waals surface area (Å²) in [6, 6.07) is 6.97. The summed E-state index contributed by atoms with van der Waals surface area (Å²) < 4.78 is 0. The van der Waals surface area contributed by atoms with Crippen LogP contribution in [0, 0.1) is 52.3 Å². The molecule has 4 nitrogen and oxygen atoms in total. The summed E-state index contributed by atoms with van der Waals surface area (Å²) in [5.41, 5.74) is 1.59. The second-order valence-corrected chi connectivity index (χ2v) is 12.5. The maximum atomic E-state index is 13.4. The number of rotatable bonds is 3. The lowest BCUT2D eigenvalue weighted by molar-refractivity contribution is -0.143. The van der Waals surface area contributed by atoms with Crippen LogP contribution in [-0.4, -0.2) is 34.0 Å². The first kappa shape index (κ1) is 24.7. The predicted octanol–water partition coefficient (Wildman–Crippen LogP) is 5.19. The van der Waals surface area contributed by atoms with Crippen LogP contribution in [0.15, 0.2) is 24.3 Å². The standard InChI is InChI=1S/C31H40O4/c1-19(32)21-7-4-20(5-8-21)6-13-28(34)29(35)27-12-11-25-24-10-9-22-18-23(33)14-16-30(22,2)26(24)15-17-31(25,27)3/h4-5,7-8,22-28,33-34H,9-12,14-18H2,1-3H3/t22-,23+,24-,25-,26-,27+,28?,30-,31-/m0/s1. The Morgan fingerprint density at radius 1 is 0.943 bits per heavy atom. The molecule has 1 unspecified atom stereocenters. The lowest BCUT2D eigenvalue weighted by Crippen LogP contribution is -2.54. The van der Waals surface area contributed by atoms with Gasteiger partial charge in [-0.3, -0.25) is 9.59 Å². The molecule has 1 aromatic carbocycles. The molecule has 0 aliphatic heterocycles. The number of hydrogen-bond acceptors (Lipinski definition) is 4. The molecule has 0 saturated heterocycles. The molecule has 188 valence electrons. The first-order valence-corrected chi connectivity index (χ1v) is 13.7. The summed E-state index contributed by atoms with van der Waals surface area (Å²) in [7, 11) is 0. The Morgan fingerprint density at radius 2 is 1.63 bits per heavy atom. The highest BCUT2D eigenvalue weighted by molar-refractivity contribution is 5.94. The van der Waals surface area contributed by atoms with Gasteiger partial charge in [0.15, 0.2) is 17.7 Å². The third kappa shape index (κ3) is 4.19. The van der Waals surface area contributed by atoms with Gasteiger partial charge in [-0.1, -0.05) is 37.8 Å². The van der Waals surface area contributed by atoms with Crippen LogP contribution in [0.5, 0.6) is 0 Å². The Labute approximate surface area is 209 Å². The van der Waals surface area contributed by atoms with Crippen molar-refractivity contribution >= 4 is 11.6 Å². The van der Waals surface area contributed by atoms with E-state index in [4.69, 9.17) is 0 Å². The summed E-state index contributed by atoms with van der Waals surface area (Å²) in [5, 5.41) is 21.0. The molecule has 0 heterocycles. The Morgan fingerprint density at radius 3 is 2.34 bits per heavy atom. The zero-order valence-electron chi connectivity index (χ0n) is 21.4. The number of fused-ring (bicyclic) bond motifs is 5. The van der Waals surface area contributed by atoms with E-state index < -0.39 is 6.10 Å². The Balaban J connectivity index is 1.30. The van der Waals surface area contributed by atoms with E-state index in [2.05, 4.69) is 25.7 Å². The second kappa shape index (κ2) is 9.16. The van der Waals surface area contributed by atoms with E-state index in [1.165, 1.54) is 19.8 Å². The van der Waals surface area contributed by atoms with E-state index in [9.17, 15) is 19.8 Å². The van der Waals surface area contributed by atoms with Crippen LogP contribution >= 0.6 is 0 Å². The predicted molar refractivity (Wildman–Crippen MR) is 136 cm³/mol. The first-order chi connectivity index (χ1) is 16.6. The zero-order chi connectivity index (χ0) is 25.0. The number of ketones is 2. The van der Waals surface area contributed by atoms with Gasteiger partial charge < -0.3 is 10.2 Å². The molecular weight excluding hydrogens is 436 g/mol. The van der Waals surface area contributed by atoms with Crippen LogP contribution < -0.4 is 0 Å². The maximum absolute atomic E-state index is 13.4. The average molecular weight is 477 g/mol. The highest BCUT2D eigenvalue weighted by Crippen LogP contribution is 2.67. The van der Waals surface area contributed by atoms with Gasteiger partial charge in [0.25, 0.3) is 0 Å². The van der Waals surface area contributed by atoms with Crippen molar-refractivity contribution in [2.45, 2.75) is 90.8 Å². The second-order valence-electron chi connectivity index (χ2n) is 12.5. The number of Topliss-reactive ketones (excluding diaryl/α,β-unsaturated/α-hetero) is 2. The quantitative estimate of drug-likeness (QED) is 0.465. The van der Waals surface area contributed by atoms with Gasteiger partial charge in [-0.15, -0.1) is 0 Å². The normalized spacial score (nSPS) is 40.9. The minimum atomic E-state index is -1.27. The Bertz CT molecular complexity index is 1050. The molecule has 1 aromatic rings. The summed E-state index contributed by atoms with van der Waals surface area (Å²) in [6.45, 7) is 6.32. The van der Waals surface area contributed by atoms with E-state index in [0.29, 0.717) is 40.2 Å². The van der Waals surface area contributed by atoms with Crippen molar-refractivity contribution in [1.29, 1.82) is 0 Å². The molecule has 0 radical (unpaired) electrons. The van der Waals surface area contributed by atoms with Crippen LogP contribution in [0.1, 0.15) is 94.5 Å². The smallest absolute Gasteiger partial charge is 0.177 e. The lowest BCUT2D eigenvalue weighted by atomic mass is 9.44. The monoisotopic (exact) mass is 476 g/mol. The van der Waals surface area contributed by atoms with Crippen LogP contribution in [0.2, 0.25) is 0 Å². The van der Waals surface area contributed by atoms with E-state index in [1.807, 2.05) is 0 Å². The van der Waals surface area contributed by atoms with Crippen molar-refractivity contribution in [2.24, 2.45) is 40.4 Å². The largest absolute Gasteiger partial charge is 0.393 e. The molecule has 0 spiro atoms. The van der Waals surface area contributed by atoms with Crippen molar-refractivity contribution in [3.8, 4) is 11.8 Å². The molecule has 0 bridgehead atoms. The van der Waals surface area contributed by atoms with Crippen molar-refractivity contribution in [1.82, 2.24) is 0 Å². The number of hydrogen-bond donors (Lipinski definition) is 2. The highest BCUT2D eigenvalue weighted by atomic mass is 16.3. The molecular formula is C31H40O4. The van der Waals surface area contributed by atoms with Gasteiger partial charge in [-0.2, -0.15) is 0 Å². The third-order valence-electron chi connectivity index (χ3n) is 10.9. The fraction of sp³-hybridized carbons (Fsp3) is 0.677. The molecule has 4 heteroatoms. The molecule has 4 aliphatic carbocycles. The minimum absolute atomic E-state index is 0.00188. The first-order valence-electron chi connectivity index (χ1n) is 13.7. The summed E-state index contributed by atoms with van der Waals surface area (Å²) in [6.07, 6.45) is 8.20. The number of aliphatic hydroxyl groups is 2. The average Bonchev–Trinajstić information content (AvgIpc) is 3.20. The SMILES string of the molecule is CC(=O)c1ccc(C#CC(O)C(=O)[C@H]2CC[C@H]3[C@@H]4CC[C@H]5C[C@H](O)CC[C@]5(C)[C@H]4CC[C@]23C)cc1. The highest BCUT2D eigenvalue weighted by Gasteiger charge is 2.61. The molecule has 4 saturated carbocycles. The molecule has 9 atom stereocenters. The van der Waals surface area contributed by atoms with Crippen molar-refractivity contribution in [2.75, 3.05) is 0 Å². The van der Waals surface area contributed by atoms with Crippen molar-refractivity contribution < 1.29 is 19.8 Å². The fourth-order valence-electron chi connectivity index (χ4n) is 8.90. The number of carbonyl (C=O) groups is 2. The molecule has 0 amide bonds. The van der Waals surface area contributed by atoms with E-state index >= 15 is 0 Å². The van der Waals surface area contributed by atoms with Gasteiger partial charge in [0, 0.05) is 17.0 Å². The fourth-order valence-corrected chi connectivity index (χ4v) is 8.90. The minimum Gasteiger partial charge on any atom is -0.393 e. The Hall–Kier alpha value is -1.96. The molecule has 4 fully saturated rings. The van der Waals surface area contributed by atoms with Gasteiger partial charge in [-0.25, -0.2) is 0 Å². The van der Waals surface area contributed by atoms with E-state index in [1.54, 1.807) is 24.3 Å². The van der Waals surface area contributed by atoms with Crippen molar-refractivity contribution in [3.63, 3.8) is 0 Å². The molecule has 4 aliphatic rings. The Kier molecular flexibility index (Phi) is 6.47. The van der Waals surface area contributed by atoms with Gasteiger partial charge in [0.2, 0.25) is 0 Å². The summed E-state index contributed by atoms with van der Waals surface area (Å²) in [4.78, 5) is 24.9. The summed E-state index contributed by atoms with van der Waals surface area (Å²) >= 11 is 0. The van der Waals surface area contributed by atoms with Gasteiger partial charge in [0.05, 0.1) is 6.10 Å². The van der Waals surface area contributed by atoms with Crippen LogP contribution in [0.4, 0.5) is 0 Å². The van der Waals surface area contributed by atoms with Crippen LogP contribution in [0.25, 0.3) is 0 Å². The van der Waals surface area contributed by atoms with Gasteiger partial charge in [-0.05, 0) is 111 Å². The maximum Gasteiger partial charge on any atom is 0.177 e. The van der Waals surface area contributed by atoms with E-state index in [-0.39, 0.29) is 29.0 Å². The van der Waals surface area contributed by atoms with Crippen LogP contribution in [0.3, 0.4) is 0 Å². The molecule has 0 aromatic heterocycles. The molecule has 35 heavy (non-hydrogen) atoms. The zero-order valence-corrected chi connectivity index (χ0v) is 21.4. The van der Waals surface area contributed by atoms with E-state index in [0.717, 1.165) is 44.9 Å². The lowest BCUT2D eigenvalue weighted by Gasteiger charge is -2.60. The number of aliphatic hydroxyl groups excluding tert-OH is 2. The number of benzene rings is 1. The van der Waals surface area contributed by atoms with Crippen molar-refractivity contribution in [3.05, 3.63) is 35.4 Å². The summed E-state index contributed by atoms with van der Waals surface area (Å²) in [5.74, 6) is 8.02. The third-order valence-corrected chi connectivity index (χ3v) is 10.9.